The Balaban J connectivity index is 1.66. The smallest absolute Gasteiger partial charge is 0.220 e. The Morgan fingerprint density at radius 1 is 1.26 bits per heavy atom. The van der Waals surface area contributed by atoms with Crippen LogP contribution in [0.15, 0.2) is 36.8 Å². The molecule has 4 N–H and O–H groups in total. The number of aryl methyl sites for hydroxylation is 1. The zero-order chi connectivity index (χ0) is 19.2. The molecule has 1 amide bonds. The van der Waals surface area contributed by atoms with Gasteiger partial charge < -0.3 is 16.4 Å². The number of hydrogen-bond acceptors (Lipinski definition) is 8. The van der Waals surface area contributed by atoms with Gasteiger partial charge in [0.15, 0.2) is 5.13 Å². The zero-order valence-corrected chi connectivity index (χ0v) is 16.0. The molecule has 0 saturated carbocycles. The minimum absolute atomic E-state index is 0.181. The maximum absolute atomic E-state index is 11.1. The van der Waals surface area contributed by atoms with E-state index in [0.29, 0.717) is 30.4 Å². The fraction of sp³-hybridized carbons (Fsp3) is 0.278. The van der Waals surface area contributed by atoms with Crippen LogP contribution in [0.1, 0.15) is 19.2 Å². The van der Waals surface area contributed by atoms with Crippen molar-refractivity contribution < 1.29 is 4.79 Å². The van der Waals surface area contributed by atoms with E-state index in [2.05, 4.69) is 30.6 Å². The number of rotatable bonds is 8. The minimum Gasteiger partial charge on any atom is -0.370 e. The average Bonchev–Trinajstić information content (AvgIpc) is 3.10. The lowest BCUT2D eigenvalue weighted by atomic mass is 10.1. The van der Waals surface area contributed by atoms with Crippen molar-refractivity contribution in [3.05, 3.63) is 42.6 Å². The Kier molecular flexibility index (Phi) is 5.92. The monoisotopic (exact) mass is 383 g/mol. The molecule has 3 aromatic heterocycles. The van der Waals surface area contributed by atoms with Crippen molar-refractivity contribution in [1.82, 2.24) is 19.9 Å². The first-order chi connectivity index (χ1) is 13.0. The number of anilines is 3. The van der Waals surface area contributed by atoms with Crippen LogP contribution in [0.5, 0.6) is 0 Å². The molecule has 3 rings (SSSR count). The first kappa shape index (κ1) is 18.7. The number of thiazole rings is 1. The highest BCUT2D eigenvalue weighted by Gasteiger charge is 2.10. The van der Waals surface area contributed by atoms with Gasteiger partial charge in [-0.05, 0) is 31.0 Å². The van der Waals surface area contributed by atoms with Crippen molar-refractivity contribution in [3.63, 3.8) is 0 Å². The van der Waals surface area contributed by atoms with Gasteiger partial charge in [0.05, 0.1) is 4.88 Å². The molecule has 0 spiro atoms. The third-order valence-corrected chi connectivity index (χ3v) is 4.87. The number of amides is 1. The molecule has 0 aliphatic heterocycles. The van der Waals surface area contributed by atoms with Crippen molar-refractivity contribution in [1.29, 1.82) is 0 Å². The lowest BCUT2D eigenvalue weighted by Crippen LogP contribution is -2.22. The van der Waals surface area contributed by atoms with Crippen LogP contribution in [-0.4, -0.2) is 32.4 Å². The molecule has 9 heteroatoms. The molecule has 0 aromatic carbocycles. The number of nitrogens with zero attached hydrogens (tertiary/aromatic N) is 4. The Hall–Kier alpha value is -3.07. The first-order valence-corrected chi connectivity index (χ1v) is 9.35. The fourth-order valence-electron chi connectivity index (χ4n) is 2.37. The molecule has 0 radical (unpaired) electrons. The van der Waals surface area contributed by atoms with Gasteiger partial charge in [-0.25, -0.2) is 15.0 Å². The summed E-state index contributed by atoms with van der Waals surface area (Å²) in [6.07, 6.45) is 5.98. The van der Waals surface area contributed by atoms with Gasteiger partial charge >= 0.3 is 0 Å². The van der Waals surface area contributed by atoms with E-state index in [-0.39, 0.29) is 11.8 Å². The molecule has 0 aliphatic carbocycles. The second-order valence-electron chi connectivity index (χ2n) is 6.10. The molecular weight excluding hydrogens is 362 g/mol. The van der Waals surface area contributed by atoms with E-state index in [1.54, 1.807) is 12.4 Å². The standard InChI is InChI=1S/C18H21N7OS/c1-11(17(19)26)3-8-21-15-9-16(24-12(2)23-15)25-18-22-10-14(27-18)13-4-6-20-7-5-13/h4-7,9-11H,3,8H2,1-2H3,(H2,19,26)(H2,21,22,23,24,25). The van der Waals surface area contributed by atoms with E-state index in [1.165, 1.54) is 11.3 Å². The number of nitrogens with two attached hydrogens (primary N) is 1. The number of pyridine rings is 1. The summed E-state index contributed by atoms with van der Waals surface area (Å²) >= 11 is 1.54. The van der Waals surface area contributed by atoms with E-state index in [1.807, 2.05) is 38.2 Å². The topological polar surface area (TPSA) is 119 Å². The summed E-state index contributed by atoms with van der Waals surface area (Å²) in [6, 6.07) is 5.71. The van der Waals surface area contributed by atoms with Gasteiger partial charge in [-0.15, -0.1) is 0 Å². The zero-order valence-electron chi connectivity index (χ0n) is 15.1. The predicted octanol–water partition coefficient (Wildman–Crippen LogP) is 2.97. The summed E-state index contributed by atoms with van der Waals surface area (Å²) in [7, 11) is 0. The predicted molar refractivity (Wildman–Crippen MR) is 107 cm³/mol. The van der Waals surface area contributed by atoms with Crippen molar-refractivity contribution >= 4 is 34.0 Å². The summed E-state index contributed by atoms with van der Waals surface area (Å²) in [4.78, 5) is 29.4. The number of nitrogens with one attached hydrogen (secondary N) is 2. The molecule has 27 heavy (non-hydrogen) atoms. The van der Waals surface area contributed by atoms with Gasteiger partial charge in [-0.1, -0.05) is 18.3 Å². The Labute approximate surface area is 161 Å². The lowest BCUT2D eigenvalue weighted by molar-refractivity contribution is -0.121. The molecule has 0 saturated heterocycles. The lowest BCUT2D eigenvalue weighted by Gasteiger charge is -2.10. The van der Waals surface area contributed by atoms with Gasteiger partial charge in [0.25, 0.3) is 0 Å². The van der Waals surface area contributed by atoms with Gasteiger partial charge in [0, 0.05) is 37.1 Å². The van der Waals surface area contributed by atoms with Crippen LogP contribution in [0.4, 0.5) is 16.8 Å². The Morgan fingerprint density at radius 2 is 2.00 bits per heavy atom. The van der Waals surface area contributed by atoms with E-state index < -0.39 is 0 Å². The van der Waals surface area contributed by atoms with Crippen molar-refractivity contribution in [2.75, 3.05) is 17.2 Å². The third-order valence-electron chi connectivity index (χ3n) is 3.91. The van der Waals surface area contributed by atoms with Crippen molar-refractivity contribution in [3.8, 4) is 10.4 Å². The molecule has 1 unspecified atom stereocenters. The second-order valence-corrected chi connectivity index (χ2v) is 7.13. The van der Waals surface area contributed by atoms with E-state index in [4.69, 9.17) is 5.73 Å². The molecule has 140 valence electrons. The van der Waals surface area contributed by atoms with Crippen LogP contribution in [0.25, 0.3) is 10.4 Å². The minimum atomic E-state index is -0.299. The van der Waals surface area contributed by atoms with Gasteiger partial charge in [-0.2, -0.15) is 0 Å². The number of aromatic nitrogens is 4. The molecule has 8 nitrogen and oxygen atoms in total. The van der Waals surface area contributed by atoms with Crippen LogP contribution in [0.2, 0.25) is 0 Å². The molecule has 3 aromatic rings. The molecule has 1 atom stereocenters. The van der Waals surface area contributed by atoms with Crippen LogP contribution in [-0.2, 0) is 4.79 Å². The summed E-state index contributed by atoms with van der Waals surface area (Å²) < 4.78 is 0. The summed E-state index contributed by atoms with van der Waals surface area (Å²) in [5.74, 6) is 1.50. The van der Waals surface area contributed by atoms with Crippen molar-refractivity contribution in [2.24, 2.45) is 11.7 Å². The molecule has 0 bridgehead atoms. The van der Waals surface area contributed by atoms with E-state index >= 15 is 0 Å². The summed E-state index contributed by atoms with van der Waals surface area (Å²) in [6.45, 7) is 4.24. The average molecular weight is 383 g/mol. The number of primary amides is 1. The van der Waals surface area contributed by atoms with Gasteiger partial charge in [-0.3, -0.25) is 9.78 Å². The van der Waals surface area contributed by atoms with E-state index in [9.17, 15) is 4.79 Å². The van der Waals surface area contributed by atoms with Crippen molar-refractivity contribution in [2.45, 2.75) is 20.3 Å². The number of carbonyl (C=O) groups is 1. The largest absolute Gasteiger partial charge is 0.370 e. The Bertz CT molecular complexity index is 913. The van der Waals surface area contributed by atoms with Crippen LogP contribution >= 0.6 is 11.3 Å². The van der Waals surface area contributed by atoms with Crippen LogP contribution in [0, 0.1) is 12.8 Å². The highest BCUT2D eigenvalue weighted by Crippen LogP contribution is 2.30. The van der Waals surface area contributed by atoms with E-state index in [0.717, 1.165) is 15.6 Å². The normalized spacial score (nSPS) is 11.8. The third kappa shape index (κ3) is 5.20. The highest BCUT2D eigenvalue weighted by molar-refractivity contribution is 7.18. The quantitative estimate of drug-likeness (QED) is 0.547. The van der Waals surface area contributed by atoms with Gasteiger partial charge in [0.2, 0.25) is 5.91 Å². The van der Waals surface area contributed by atoms with Crippen LogP contribution in [0.3, 0.4) is 0 Å². The molecular formula is C18H21N7OS. The Morgan fingerprint density at radius 3 is 2.74 bits per heavy atom. The highest BCUT2D eigenvalue weighted by atomic mass is 32.1. The SMILES string of the molecule is Cc1nc(NCCC(C)C(N)=O)cc(Nc2ncc(-c3ccncc3)s2)n1. The summed E-state index contributed by atoms with van der Waals surface area (Å²) in [5, 5.41) is 7.17. The second kappa shape index (κ2) is 8.54. The first-order valence-electron chi connectivity index (χ1n) is 8.53. The van der Waals surface area contributed by atoms with Gasteiger partial charge in [0.1, 0.15) is 17.5 Å². The number of hydrogen-bond donors (Lipinski definition) is 3. The molecule has 3 heterocycles. The summed E-state index contributed by atoms with van der Waals surface area (Å²) in [5.41, 5.74) is 6.35. The maximum atomic E-state index is 11.1. The maximum Gasteiger partial charge on any atom is 0.220 e. The number of carbonyl (C=O) groups excluding carboxylic acids is 1. The fourth-order valence-corrected chi connectivity index (χ4v) is 3.20. The molecule has 0 aliphatic rings. The molecule has 0 fully saturated rings. The van der Waals surface area contributed by atoms with Crippen LogP contribution < -0.4 is 16.4 Å².